The molecule has 1 aromatic carbocycles. The van der Waals surface area contributed by atoms with Gasteiger partial charge in [-0.2, -0.15) is 5.26 Å². The number of carbonyl (C=O) groups is 1. The van der Waals surface area contributed by atoms with Crippen LogP contribution in [0.15, 0.2) is 53.3 Å². The van der Waals surface area contributed by atoms with Crippen LogP contribution in [-0.4, -0.2) is 22.3 Å². The molecule has 0 aliphatic rings. The zero-order chi connectivity index (χ0) is 16.1. The summed E-state index contributed by atoms with van der Waals surface area (Å²) in [5.74, 6) is 0.705. The monoisotopic (exact) mass is 307 g/mol. The number of nitrogens with one attached hydrogen (secondary N) is 1. The molecule has 0 unspecified atom stereocenters. The molecule has 2 aromatic heterocycles. The van der Waals surface area contributed by atoms with Crippen LogP contribution in [0.25, 0.3) is 10.9 Å². The molecular formula is C18H17N3O2. The number of benzene rings is 1. The molecule has 1 amide bonds. The number of aromatic amines is 1. The molecule has 3 rings (SSSR count). The largest absolute Gasteiger partial charge is 0.467 e. The number of nitrogens with zero attached hydrogens (tertiary/aromatic N) is 2. The molecule has 0 saturated heterocycles. The SMILES string of the molecule is N#CCCN(Cc1ccco1)C(=O)Cc1c[nH]c2ccccc12. The minimum Gasteiger partial charge on any atom is -0.467 e. The maximum absolute atomic E-state index is 12.6. The first kappa shape index (κ1) is 14.9. The summed E-state index contributed by atoms with van der Waals surface area (Å²) in [6.45, 7) is 0.786. The second-order valence-electron chi connectivity index (χ2n) is 5.34. The lowest BCUT2D eigenvalue weighted by Crippen LogP contribution is -2.32. The average molecular weight is 307 g/mol. The van der Waals surface area contributed by atoms with Gasteiger partial charge in [-0.3, -0.25) is 4.79 Å². The van der Waals surface area contributed by atoms with Crippen LogP contribution in [0.2, 0.25) is 0 Å². The number of furan rings is 1. The lowest BCUT2D eigenvalue weighted by molar-refractivity contribution is -0.131. The second-order valence-corrected chi connectivity index (χ2v) is 5.34. The summed E-state index contributed by atoms with van der Waals surface area (Å²) >= 11 is 0. The number of hydrogen-bond acceptors (Lipinski definition) is 3. The smallest absolute Gasteiger partial charge is 0.227 e. The molecule has 3 aromatic rings. The molecule has 5 nitrogen and oxygen atoms in total. The predicted octanol–water partition coefficient (Wildman–Crippen LogP) is 3.25. The van der Waals surface area contributed by atoms with Crippen molar-refractivity contribution in [1.29, 1.82) is 5.26 Å². The van der Waals surface area contributed by atoms with Gasteiger partial charge in [0.25, 0.3) is 0 Å². The highest BCUT2D eigenvalue weighted by Crippen LogP contribution is 2.19. The van der Waals surface area contributed by atoms with Crippen LogP contribution >= 0.6 is 0 Å². The number of amides is 1. The van der Waals surface area contributed by atoms with Crippen molar-refractivity contribution in [3.63, 3.8) is 0 Å². The summed E-state index contributed by atoms with van der Waals surface area (Å²) in [6, 6.07) is 13.6. The van der Waals surface area contributed by atoms with E-state index in [0.717, 1.165) is 22.2 Å². The van der Waals surface area contributed by atoms with E-state index in [-0.39, 0.29) is 5.91 Å². The van der Waals surface area contributed by atoms with E-state index in [2.05, 4.69) is 11.1 Å². The van der Waals surface area contributed by atoms with Gasteiger partial charge >= 0.3 is 0 Å². The first-order valence-electron chi connectivity index (χ1n) is 7.50. The van der Waals surface area contributed by atoms with E-state index < -0.39 is 0 Å². The summed E-state index contributed by atoms with van der Waals surface area (Å²) in [5, 5.41) is 9.86. The Balaban J connectivity index is 1.76. The Morgan fingerprint density at radius 1 is 1.26 bits per heavy atom. The third-order valence-corrected chi connectivity index (χ3v) is 3.79. The first-order valence-corrected chi connectivity index (χ1v) is 7.50. The number of carbonyl (C=O) groups excluding carboxylic acids is 1. The summed E-state index contributed by atoms with van der Waals surface area (Å²) in [4.78, 5) is 17.5. The normalized spacial score (nSPS) is 10.6. The molecule has 1 N–H and O–H groups in total. The van der Waals surface area contributed by atoms with Crippen LogP contribution in [0.4, 0.5) is 0 Å². The highest BCUT2D eigenvalue weighted by atomic mass is 16.3. The van der Waals surface area contributed by atoms with Gasteiger partial charge < -0.3 is 14.3 Å². The highest BCUT2D eigenvalue weighted by molar-refractivity contribution is 5.88. The molecule has 5 heteroatoms. The number of aromatic nitrogens is 1. The van der Waals surface area contributed by atoms with E-state index in [1.54, 1.807) is 17.2 Å². The van der Waals surface area contributed by atoms with E-state index in [1.165, 1.54) is 0 Å². The van der Waals surface area contributed by atoms with Gasteiger partial charge in [-0.05, 0) is 23.8 Å². The number of fused-ring (bicyclic) bond motifs is 1. The van der Waals surface area contributed by atoms with Crippen molar-refractivity contribution in [2.45, 2.75) is 19.4 Å². The fraction of sp³-hybridized carbons (Fsp3) is 0.222. The summed E-state index contributed by atoms with van der Waals surface area (Å²) < 4.78 is 5.32. The fourth-order valence-corrected chi connectivity index (χ4v) is 2.62. The zero-order valence-corrected chi connectivity index (χ0v) is 12.7. The number of rotatable bonds is 6. The predicted molar refractivity (Wildman–Crippen MR) is 86.4 cm³/mol. The minimum atomic E-state index is -0.0126. The maximum Gasteiger partial charge on any atom is 0.227 e. The van der Waals surface area contributed by atoms with Gasteiger partial charge in [0, 0.05) is 23.6 Å². The van der Waals surface area contributed by atoms with Crippen molar-refractivity contribution in [3.8, 4) is 6.07 Å². The molecule has 0 aliphatic carbocycles. The first-order chi connectivity index (χ1) is 11.3. The Labute approximate surface area is 134 Å². The average Bonchev–Trinajstić information content (AvgIpc) is 3.21. The van der Waals surface area contributed by atoms with Crippen molar-refractivity contribution in [2.75, 3.05) is 6.54 Å². The quantitative estimate of drug-likeness (QED) is 0.759. The Hall–Kier alpha value is -3.00. The number of nitriles is 1. The van der Waals surface area contributed by atoms with Crippen molar-refractivity contribution >= 4 is 16.8 Å². The zero-order valence-electron chi connectivity index (χ0n) is 12.7. The molecule has 0 radical (unpaired) electrons. The van der Waals surface area contributed by atoms with E-state index in [9.17, 15) is 4.79 Å². The summed E-state index contributed by atoms with van der Waals surface area (Å²) in [6.07, 6.45) is 4.07. The minimum absolute atomic E-state index is 0.0126. The van der Waals surface area contributed by atoms with Crippen molar-refractivity contribution in [3.05, 3.63) is 60.2 Å². The molecule has 0 atom stereocenters. The van der Waals surface area contributed by atoms with Gasteiger partial charge in [-0.25, -0.2) is 0 Å². The standard InChI is InChI=1S/C18H17N3O2/c19-8-4-9-21(13-15-5-3-10-23-15)18(22)11-14-12-20-17-7-2-1-6-16(14)17/h1-3,5-7,10,12,20H,4,9,11,13H2. The molecule has 2 heterocycles. The molecule has 0 fully saturated rings. The van der Waals surface area contributed by atoms with E-state index in [1.807, 2.05) is 36.5 Å². The van der Waals surface area contributed by atoms with Crippen LogP contribution in [-0.2, 0) is 17.8 Å². The van der Waals surface area contributed by atoms with Crippen molar-refractivity contribution < 1.29 is 9.21 Å². The Morgan fingerprint density at radius 2 is 2.13 bits per heavy atom. The number of hydrogen-bond donors (Lipinski definition) is 1. The topological polar surface area (TPSA) is 73.0 Å². The van der Waals surface area contributed by atoms with Gasteiger partial charge in [0.1, 0.15) is 5.76 Å². The molecule has 23 heavy (non-hydrogen) atoms. The Bertz CT molecular complexity index is 827. The number of H-pyrrole nitrogens is 1. The molecule has 0 bridgehead atoms. The summed E-state index contributed by atoms with van der Waals surface area (Å²) in [7, 11) is 0. The van der Waals surface area contributed by atoms with Gasteiger partial charge in [0.05, 0.1) is 31.7 Å². The summed E-state index contributed by atoms with van der Waals surface area (Å²) in [5.41, 5.74) is 1.98. The van der Waals surface area contributed by atoms with Crippen LogP contribution in [0.5, 0.6) is 0 Å². The third-order valence-electron chi connectivity index (χ3n) is 3.79. The Kier molecular flexibility index (Phi) is 4.44. The van der Waals surface area contributed by atoms with Gasteiger partial charge in [-0.15, -0.1) is 0 Å². The molecule has 0 spiro atoms. The van der Waals surface area contributed by atoms with Crippen molar-refractivity contribution in [1.82, 2.24) is 9.88 Å². The van der Waals surface area contributed by atoms with Gasteiger partial charge in [0.15, 0.2) is 0 Å². The van der Waals surface area contributed by atoms with E-state index in [4.69, 9.17) is 9.68 Å². The highest BCUT2D eigenvalue weighted by Gasteiger charge is 2.17. The van der Waals surface area contributed by atoms with Gasteiger partial charge in [0.2, 0.25) is 5.91 Å². The Morgan fingerprint density at radius 3 is 2.91 bits per heavy atom. The van der Waals surface area contributed by atoms with Crippen LogP contribution in [0, 0.1) is 11.3 Å². The lowest BCUT2D eigenvalue weighted by atomic mass is 10.1. The van der Waals surface area contributed by atoms with Crippen LogP contribution in [0.1, 0.15) is 17.7 Å². The lowest BCUT2D eigenvalue weighted by Gasteiger charge is -2.20. The number of para-hydroxylation sites is 1. The second kappa shape index (κ2) is 6.84. The van der Waals surface area contributed by atoms with E-state index in [0.29, 0.717) is 25.9 Å². The van der Waals surface area contributed by atoms with Gasteiger partial charge in [-0.1, -0.05) is 18.2 Å². The van der Waals surface area contributed by atoms with Crippen LogP contribution < -0.4 is 0 Å². The van der Waals surface area contributed by atoms with E-state index >= 15 is 0 Å². The van der Waals surface area contributed by atoms with Crippen LogP contribution in [0.3, 0.4) is 0 Å². The molecule has 0 aliphatic heterocycles. The fourth-order valence-electron chi connectivity index (χ4n) is 2.62. The molecule has 116 valence electrons. The van der Waals surface area contributed by atoms with Crippen molar-refractivity contribution in [2.24, 2.45) is 0 Å². The third kappa shape index (κ3) is 3.43. The maximum atomic E-state index is 12.6. The molecular weight excluding hydrogens is 290 g/mol. The molecule has 0 saturated carbocycles.